The van der Waals surface area contributed by atoms with Crippen molar-refractivity contribution < 1.29 is 4.74 Å². The zero-order valence-corrected chi connectivity index (χ0v) is 15.1. The summed E-state index contributed by atoms with van der Waals surface area (Å²) in [7, 11) is 1.85. The van der Waals surface area contributed by atoms with E-state index in [1.807, 2.05) is 7.11 Å². The van der Waals surface area contributed by atoms with Crippen LogP contribution in [0.1, 0.15) is 84.0 Å². The van der Waals surface area contributed by atoms with Crippen molar-refractivity contribution in [3.8, 4) is 0 Å². The van der Waals surface area contributed by atoms with Crippen LogP contribution in [0.5, 0.6) is 0 Å². The second-order valence-corrected chi connectivity index (χ2v) is 7.95. The molecule has 0 aromatic heterocycles. The zero-order chi connectivity index (χ0) is 15.6. The number of hydrogen-bond donors (Lipinski definition) is 0. The van der Waals surface area contributed by atoms with E-state index in [0.717, 1.165) is 30.3 Å². The minimum absolute atomic E-state index is 0.855. The van der Waals surface area contributed by atoms with Crippen LogP contribution in [0.3, 0.4) is 0 Å². The monoisotopic (exact) mass is 306 g/mol. The first kappa shape index (κ1) is 18.0. The summed E-state index contributed by atoms with van der Waals surface area (Å²) < 4.78 is 5.31. The molecule has 128 valence electrons. The SMILES string of the molecule is C/C=C/CC[C@H]1CC[C@H](CCC2CCC(COC)CC2)CC1. The molecule has 0 saturated heterocycles. The fraction of sp³-hybridized carbons (Fsp3) is 0.905. The van der Waals surface area contributed by atoms with Crippen molar-refractivity contribution in [2.75, 3.05) is 13.7 Å². The van der Waals surface area contributed by atoms with Crippen molar-refractivity contribution in [1.82, 2.24) is 0 Å². The average molecular weight is 307 g/mol. The standard InChI is InChI=1S/C21H38O/c1-3-4-5-6-18-7-9-19(10-8-18)11-12-20-13-15-21(16-14-20)17-22-2/h3-4,18-21H,5-17H2,1-2H3/b4-3+/t18-,19-,20?,21?. The summed E-state index contributed by atoms with van der Waals surface area (Å²) in [6, 6.07) is 0. The Labute approximate surface area is 138 Å². The third-order valence-electron chi connectivity index (χ3n) is 6.30. The molecule has 0 atom stereocenters. The van der Waals surface area contributed by atoms with Crippen LogP contribution in [0.15, 0.2) is 12.2 Å². The molecular weight excluding hydrogens is 268 g/mol. The second-order valence-electron chi connectivity index (χ2n) is 7.95. The van der Waals surface area contributed by atoms with Gasteiger partial charge in [-0.3, -0.25) is 0 Å². The van der Waals surface area contributed by atoms with Gasteiger partial charge in [0, 0.05) is 13.7 Å². The van der Waals surface area contributed by atoms with Crippen LogP contribution in [0.2, 0.25) is 0 Å². The van der Waals surface area contributed by atoms with Crippen LogP contribution in [0, 0.1) is 23.7 Å². The Morgan fingerprint density at radius 1 is 0.727 bits per heavy atom. The quantitative estimate of drug-likeness (QED) is 0.473. The highest BCUT2D eigenvalue weighted by Gasteiger charge is 2.24. The van der Waals surface area contributed by atoms with Crippen molar-refractivity contribution in [3.05, 3.63) is 12.2 Å². The molecule has 2 aliphatic carbocycles. The Bertz CT molecular complexity index is 293. The van der Waals surface area contributed by atoms with Crippen molar-refractivity contribution in [3.63, 3.8) is 0 Å². The van der Waals surface area contributed by atoms with E-state index in [9.17, 15) is 0 Å². The fourth-order valence-corrected chi connectivity index (χ4v) is 4.70. The Morgan fingerprint density at radius 2 is 1.18 bits per heavy atom. The number of ether oxygens (including phenoxy) is 1. The minimum Gasteiger partial charge on any atom is -0.384 e. The third kappa shape index (κ3) is 6.44. The molecule has 2 rings (SSSR count). The van der Waals surface area contributed by atoms with Crippen LogP contribution < -0.4 is 0 Å². The molecule has 0 radical (unpaired) electrons. The van der Waals surface area contributed by atoms with E-state index in [1.54, 1.807) is 0 Å². The largest absolute Gasteiger partial charge is 0.384 e. The van der Waals surface area contributed by atoms with Gasteiger partial charge in [-0.05, 0) is 56.3 Å². The van der Waals surface area contributed by atoms with Crippen LogP contribution in [0.4, 0.5) is 0 Å². The molecule has 1 heteroatoms. The number of methoxy groups -OCH3 is 1. The molecular formula is C21H38O. The third-order valence-corrected chi connectivity index (χ3v) is 6.30. The van der Waals surface area contributed by atoms with E-state index in [4.69, 9.17) is 4.74 Å². The maximum atomic E-state index is 5.31. The maximum Gasteiger partial charge on any atom is 0.0490 e. The summed E-state index contributed by atoms with van der Waals surface area (Å²) in [5, 5.41) is 0. The van der Waals surface area contributed by atoms with E-state index in [1.165, 1.54) is 77.0 Å². The molecule has 0 bridgehead atoms. The lowest BCUT2D eigenvalue weighted by Crippen LogP contribution is -2.20. The molecule has 1 nitrogen and oxygen atoms in total. The molecule has 0 aromatic rings. The minimum atomic E-state index is 0.855. The number of allylic oxidation sites excluding steroid dienone is 2. The Kier molecular flexibility index (Phi) is 8.59. The van der Waals surface area contributed by atoms with E-state index >= 15 is 0 Å². The Hall–Kier alpha value is -0.300. The molecule has 0 aliphatic heterocycles. The summed E-state index contributed by atoms with van der Waals surface area (Å²) in [5.74, 6) is 3.96. The van der Waals surface area contributed by atoms with E-state index < -0.39 is 0 Å². The van der Waals surface area contributed by atoms with Crippen molar-refractivity contribution in [2.24, 2.45) is 23.7 Å². The molecule has 22 heavy (non-hydrogen) atoms. The van der Waals surface area contributed by atoms with Gasteiger partial charge in [0.2, 0.25) is 0 Å². The zero-order valence-electron chi connectivity index (χ0n) is 15.1. The van der Waals surface area contributed by atoms with Crippen LogP contribution >= 0.6 is 0 Å². The number of rotatable bonds is 8. The first-order chi connectivity index (χ1) is 10.8. The van der Waals surface area contributed by atoms with Gasteiger partial charge in [-0.15, -0.1) is 0 Å². The van der Waals surface area contributed by atoms with Crippen molar-refractivity contribution >= 4 is 0 Å². The van der Waals surface area contributed by atoms with Crippen LogP contribution in [-0.4, -0.2) is 13.7 Å². The molecule has 0 spiro atoms. The lowest BCUT2D eigenvalue weighted by Gasteiger charge is -2.31. The van der Waals surface area contributed by atoms with Crippen molar-refractivity contribution in [2.45, 2.75) is 84.0 Å². The van der Waals surface area contributed by atoms with Gasteiger partial charge in [0.1, 0.15) is 0 Å². The van der Waals surface area contributed by atoms with Gasteiger partial charge in [-0.1, -0.05) is 63.5 Å². The highest BCUT2D eigenvalue weighted by atomic mass is 16.5. The summed E-state index contributed by atoms with van der Waals surface area (Å²) in [5.41, 5.74) is 0. The van der Waals surface area contributed by atoms with E-state index in [0.29, 0.717) is 0 Å². The van der Waals surface area contributed by atoms with Gasteiger partial charge in [0.25, 0.3) is 0 Å². The molecule has 2 fully saturated rings. The van der Waals surface area contributed by atoms with Gasteiger partial charge in [-0.2, -0.15) is 0 Å². The predicted octanol–water partition coefficient (Wildman–Crippen LogP) is 6.38. The fourth-order valence-electron chi connectivity index (χ4n) is 4.70. The Balaban J connectivity index is 1.54. The summed E-state index contributed by atoms with van der Waals surface area (Å²) >= 11 is 0. The Morgan fingerprint density at radius 3 is 1.64 bits per heavy atom. The predicted molar refractivity (Wildman–Crippen MR) is 96.1 cm³/mol. The molecule has 2 saturated carbocycles. The van der Waals surface area contributed by atoms with Gasteiger partial charge < -0.3 is 4.74 Å². The first-order valence-electron chi connectivity index (χ1n) is 9.91. The van der Waals surface area contributed by atoms with Gasteiger partial charge in [-0.25, -0.2) is 0 Å². The summed E-state index contributed by atoms with van der Waals surface area (Å²) in [6.07, 6.45) is 22.1. The topological polar surface area (TPSA) is 9.23 Å². The molecule has 0 N–H and O–H groups in total. The molecule has 0 aromatic carbocycles. The smallest absolute Gasteiger partial charge is 0.0490 e. The highest BCUT2D eigenvalue weighted by molar-refractivity contribution is 4.81. The molecule has 2 aliphatic rings. The highest BCUT2D eigenvalue weighted by Crippen LogP contribution is 2.37. The van der Waals surface area contributed by atoms with Crippen molar-refractivity contribution in [1.29, 1.82) is 0 Å². The molecule has 0 amide bonds. The summed E-state index contributed by atoms with van der Waals surface area (Å²) in [4.78, 5) is 0. The van der Waals surface area contributed by atoms with Gasteiger partial charge >= 0.3 is 0 Å². The second kappa shape index (κ2) is 10.5. The lowest BCUT2D eigenvalue weighted by atomic mass is 9.75. The van der Waals surface area contributed by atoms with E-state index in [2.05, 4.69) is 19.1 Å². The van der Waals surface area contributed by atoms with E-state index in [-0.39, 0.29) is 0 Å². The first-order valence-corrected chi connectivity index (χ1v) is 9.91. The number of hydrogen-bond acceptors (Lipinski definition) is 1. The van der Waals surface area contributed by atoms with Gasteiger partial charge in [0.05, 0.1) is 0 Å². The average Bonchev–Trinajstić information content (AvgIpc) is 2.56. The van der Waals surface area contributed by atoms with Crippen LogP contribution in [0.25, 0.3) is 0 Å². The van der Waals surface area contributed by atoms with Crippen LogP contribution in [-0.2, 0) is 4.74 Å². The molecule has 0 heterocycles. The maximum absolute atomic E-state index is 5.31. The normalized spacial score (nSPS) is 33.4. The summed E-state index contributed by atoms with van der Waals surface area (Å²) in [6.45, 7) is 3.13. The van der Waals surface area contributed by atoms with Gasteiger partial charge in [0.15, 0.2) is 0 Å². The lowest BCUT2D eigenvalue weighted by molar-refractivity contribution is 0.115. The molecule has 0 unspecified atom stereocenters.